The highest BCUT2D eigenvalue weighted by Gasteiger charge is 2.06. The first-order valence-electron chi connectivity index (χ1n) is 9.27. The van der Waals surface area contributed by atoms with E-state index in [9.17, 15) is 0 Å². The Morgan fingerprint density at radius 2 is 1.66 bits per heavy atom. The molecule has 5 nitrogen and oxygen atoms in total. The fourth-order valence-corrected chi connectivity index (χ4v) is 3.63. The van der Waals surface area contributed by atoms with Crippen LogP contribution in [-0.4, -0.2) is 18.0 Å². The van der Waals surface area contributed by atoms with Gasteiger partial charge in [-0.25, -0.2) is 4.98 Å². The number of halogens is 1. The smallest absolute Gasteiger partial charge is 0.191 e. The molecule has 3 rings (SSSR count). The van der Waals surface area contributed by atoms with Crippen LogP contribution in [0.4, 0.5) is 0 Å². The molecule has 0 spiro atoms. The number of hydrogen-bond acceptors (Lipinski definition) is 4. The van der Waals surface area contributed by atoms with Crippen molar-refractivity contribution >= 4 is 41.3 Å². The summed E-state index contributed by atoms with van der Waals surface area (Å²) in [5, 5.41) is 7.78. The molecule has 0 saturated heterocycles. The van der Waals surface area contributed by atoms with Crippen molar-refractivity contribution in [2.24, 2.45) is 4.99 Å². The normalized spacial score (nSPS) is 10.9. The molecule has 29 heavy (non-hydrogen) atoms. The number of ether oxygens (including phenoxy) is 1. The number of guanidine groups is 1. The van der Waals surface area contributed by atoms with Gasteiger partial charge in [0.2, 0.25) is 0 Å². The number of benzene rings is 2. The van der Waals surface area contributed by atoms with E-state index in [-0.39, 0.29) is 24.0 Å². The molecular weight excluding hydrogens is 495 g/mol. The van der Waals surface area contributed by atoms with E-state index in [0.717, 1.165) is 34.5 Å². The van der Waals surface area contributed by atoms with Crippen molar-refractivity contribution < 1.29 is 4.74 Å². The molecule has 3 aromatic rings. The monoisotopic (exact) mass is 522 g/mol. The summed E-state index contributed by atoms with van der Waals surface area (Å²) in [5.41, 5.74) is 3.41. The molecule has 0 atom stereocenters. The van der Waals surface area contributed by atoms with E-state index in [1.54, 1.807) is 18.4 Å². The van der Waals surface area contributed by atoms with Gasteiger partial charge < -0.3 is 15.4 Å². The van der Waals surface area contributed by atoms with Gasteiger partial charge in [-0.2, -0.15) is 0 Å². The highest BCUT2D eigenvalue weighted by molar-refractivity contribution is 14.0. The number of thiazole rings is 1. The summed E-state index contributed by atoms with van der Waals surface area (Å²) in [6.45, 7) is 6.06. The first-order chi connectivity index (χ1) is 13.6. The molecule has 0 fully saturated rings. The molecule has 154 valence electrons. The zero-order valence-corrected chi connectivity index (χ0v) is 20.1. The Labute approximate surface area is 193 Å². The van der Waals surface area contributed by atoms with Crippen LogP contribution in [0, 0.1) is 13.8 Å². The minimum Gasteiger partial charge on any atom is -0.489 e. The number of nitrogens with one attached hydrogen (secondary N) is 2. The average Bonchev–Trinajstić information content (AvgIpc) is 3.05. The van der Waals surface area contributed by atoms with Crippen molar-refractivity contribution in [1.82, 2.24) is 15.6 Å². The summed E-state index contributed by atoms with van der Waals surface area (Å²) in [5.74, 6) is 1.64. The molecular formula is C22H27IN4OS. The Morgan fingerprint density at radius 1 is 0.966 bits per heavy atom. The minimum atomic E-state index is 0. The van der Waals surface area contributed by atoms with Crippen LogP contribution in [0.2, 0.25) is 0 Å². The van der Waals surface area contributed by atoms with Crippen LogP contribution in [-0.2, 0) is 19.7 Å². The second kappa shape index (κ2) is 11.8. The van der Waals surface area contributed by atoms with Crippen molar-refractivity contribution in [3.05, 3.63) is 81.3 Å². The summed E-state index contributed by atoms with van der Waals surface area (Å²) in [7, 11) is 1.78. The molecule has 0 aliphatic carbocycles. The van der Waals surface area contributed by atoms with Gasteiger partial charge in [0, 0.05) is 18.5 Å². The largest absolute Gasteiger partial charge is 0.489 e. The second-order valence-corrected chi connectivity index (χ2v) is 7.73. The topological polar surface area (TPSA) is 58.5 Å². The zero-order chi connectivity index (χ0) is 19.8. The van der Waals surface area contributed by atoms with Crippen molar-refractivity contribution in [3.8, 4) is 5.75 Å². The molecule has 0 aliphatic rings. The molecule has 0 saturated carbocycles. The second-order valence-electron chi connectivity index (χ2n) is 6.44. The quantitative estimate of drug-likeness (QED) is 0.266. The lowest BCUT2D eigenvalue weighted by Gasteiger charge is -2.12. The lowest BCUT2D eigenvalue weighted by atomic mass is 10.2. The molecule has 7 heteroatoms. The summed E-state index contributed by atoms with van der Waals surface area (Å²) in [6.07, 6.45) is 0. The summed E-state index contributed by atoms with van der Waals surface area (Å²) in [6, 6.07) is 18.3. The third-order valence-corrected chi connectivity index (χ3v) is 5.34. The van der Waals surface area contributed by atoms with Crippen LogP contribution in [0.5, 0.6) is 5.75 Å². The van der Waals surface area contributed by atoms with E-state index in [1.807, 2.05) is 44.2 Å². The highest BCUT2D eigenvalue weighted by Crippen LogP contribution is 2.17. The van der Waals surface area contributed by atoms with Crippen LogP contribution in [0.25, 0.3) is 0 Å². The van der Waals surface area contributed by atoms with Crippen molar-refractivity contribution in [1.29, 1.82) is 0 Å². The zero-order valence-electron chi connectivity index (χ0n) is 16.9. The van der Waals surface area contributed by atoms with Gasteiger partial charge in [-0.15, -0.1) is 35.3 Å². The van der Waals surface area contributed by atoms with Crippen LogP contribution in [0.1, 0.15) is 26.7 Å². The van der Waals surface area contributed by atoms with Crippen molar-refractivity contribution in [2.75, 3.05) is 7.05 Å². The number of nitrogens with zero attached hydrogens (tertiary/aromatic N) is 2. The fraction of sp³-hybridized carbons (Fsp3) is 0.273. The molecule has 1 heterocycles. The van der Waals surface area contributed by atoms with Gasteiger partial charge in [0.05, 0.1) is 17.2 Å². The maximum Gasteiger partial charge on any atom is 0.191 e. The minimum absolute atomic E-state index is 0. The first kappa shape index (κ1) is 23.2. The first-order valence-corrected chi connectivity index (χ1v) is 10.1. The molecule has 2 N–H and O–H groups in total. The fourth-order valence-electron chi connectivity index (χ4n) is 2.75. The van der Waals surface area contributed by atoms with E-state index in [0.29, 0.717) is 13.2 Å². The summed E-state index contributed by atoms with van der Waals surface area (Å²) in [4.78, 5) is 9.98. The van der Waals surface area contributed by atoms with Gasteiger partial charge in [-0.3, -0.25) is 4.99 Å². The van der Waals surface area contributed by atoms with E-state index in [1.165, 1.54) is 10.4 Å². The van der Waals surface area contributed by atoms with Gasteiger partial charge in [-0.1, -0.05) is 42.5 Å². The number of hydrogen-bond donors (Lipinski definition) is 2. The number of aromatic nitrogens is 1. The predicted molar refractivity (Wildman–Crippen MR) is 131 cm³/mol. The molecule has 0 radical (unpaired) electrons. The standard InChI is InChI=1S/C22H26N4OS.HI/c1-16-21(28-17(2)26-16)14-25-22(23-3)24-13-18-9-11-20(12-10-18)27-15-19-7-5-4-6-8-19;/h4-12H,13-15H2,1-3H3,(H2,23,24,25);1H. The lowest BCUT2D eigenvalue weighted by molar-refractivity contribution is 0.306. The third kappa shape index (κ3) is 7.32. The molecule has 2 aromatic carbocycles. The van der Waals surface area contributed by atoms with E-state index >= 15 is 0 Å². The van der Waals surface area contributed by atoms with Crippen LogP contribution < -0.4 is 15.4 Å². The Morgan fingerprint density at radius 3 is 2.28 bits per heavy atom. The van der Waals surface area contributed by atoms with Gasteiger partial charge in [0.15, 0.2) is 5.96 Å². The Bertz CT molecular complexity index is 910. The average molecular weight is 522 g/mol. The Kier molecular flexibility index (Phi) is 9.40. The predicted octanol–water partition coefficient (Wildman–Crippen LogP) is 4.82. The number of rotatable bonds is 7. The van der Waals surface area contributed by atoms with Gasteiger partial charge in [0.25, 0.3) is 0 Å². The van der Waals surface area contributed by atoms with E-state index in [2.05, 4.69) is 44.9 Å². The summed E-state index contributed by atoms with van der Waals surface area (Å²) < 4.78 is 5.83. The van der Waals surface area contributed by atoms with E-state index in [4.69, 9.17) is 4.74 Å². The SMILES string of the molecule is CN=C(NCc1ccc(OCc2ccccc2)cc1)NCc1sc(C)nc1C.I. The Balaban J connectivity index is 0.00000300. The van der Waals surface area contributed by atoms with Crippen LogP contribution in [0.3, 0.4) is 0 Å². The third-order valence-electron chi connectivity index (χ3n) is 4.27. The maximum absolute atomic E-state index is 5.83. The molecule has 1 aromatic heterocycles. The maximum atomic E-state index is 5.83. The van der Waals surface area contributed by atoms with Gasteiger partial charge in [-0.05, 0) is 37.1 Å². The van der Waals surface area contributed by atoms with E-state index < -0.39 is 0 Å². The molecule has 0 aliphatic heterocycles. The number of aryl methyl sites for hydroxylation is 2. The highest BCUT2D eigenvalue weighted by atomic mass is 127. The molecule has 0 bridgehead atoms. The molecule has 0 unspecified atom stereocenters. The van der Waals surface area contributed by atoms with Crippen molar-refractivity contribution in [2.45, 2.75) is 33.5 Å². The summed E-state index contributed by atoms with van der Waals surface area (Å²) >= 11 is 1.72. The van der Waals surface area contributed by atoms with Crippen LogP contribution in [0.15, 0.2) is 59.6 Å². The van der Waals surface area contributed by atoms with Crippen molar-refractivity contribution in [3.63, 3.8) is 0 Å². The van der Waals surface area contributed by atoms with Gasteiger partial charge >= 0.3 is 0 Å². The lowest BCUT2D eigenvalue weighted by Crippen LogP contribution is -2.36. The molecule has 0 amide bonds. The van der Waals surface area contributed by atoms with Crippen LogP contribution >= 0.6 is 35.3 Å². The van der Waals surface area contributed by atoms with Gasteiger partial charge in [0.1, 0.15) is 12.4 Å². The number of aliphatic imine (C=N–C) groups is 1. The Hall–Kier alpha value is -2.13.